The summed E-state index contributed by atoms with van der Waals surface area (Å²) in [6.07, 6.45) is 1.08. The van der Waals surface area contributed by atoms with Crippen molar-refractivity contribution in [2.24, 2.45) is 0 Å². The van der Waals surface area contributed by atoms with E-state index in [0.29, 0.717) is 12.0 Å². The Hall–Kier alpha value is -1.60. The lowest BCUT2D eigenvalue weighted by Gasteiger charge is -2.18. The predicted octanol–water partition coefficient (Wildman–Crippen LogP) is 3.66. The average Bonchev–Trinajstić information content (AvgIpc) is 2.55. The Kier molecular flexibility index (Phi) is 2.92. The highest BCUT2D eigenvalue weighted by atomic mass is 14.9. The van der Waals surface area contributed by atoms with E-state index in [1.807, 2.05) is 0 Å². The lowest BCUT2D eigenvalue weighted by Crippen LogP contribution is -2.19. The van der Waals surface area contributed by atoms with Gasteiger partial charge in [-0.15, -0.1) is 0 Å². The number of hydrogen-bond donors (Lipinski definition) is 1. The molecule has 2 aromatic carbocycles. The second kappa shape index (κ2) is 4.58. The van der Waals surface area contributed by atoms with Gasteiger partial charge in [-0.25, -0.2) is 0 Å². The molecule has 0 spiro atoms. The molecule has 0 heterocycles. The Labute approximate surface area is 109 Å². The zero-order valence-electron chi connectivity index (χ0n) is 11.0. The molecule has 0 amide bonds. The summed E-state index contributed by atoms with van der Waals surface area (Å²) in [5.74, 6) is 0.482. The van der Waals surface area contributed by atoms with Gasteiger partial charge in [0.2, 0.25) is 0 Å². The zero-order chi connectivity index (χ0) is 12.5. The third kappa shape index (κ3) is 1.75. The molecule has 0 bridgehead atoms. The molecule has 92 valence electrons. The highest BCUT2D eigenvalue weighted by molar-refractivity contribution is 5.45. The van der Waals surface area contributed by atoms with Crippen LogP contribution in [0.15, 0.2) is 48.5 Å². The van der Waals surface area contributed by atoms with Crippen molar-refractivity contribution in [3.05, 3.63) is 70.8 Å². The molecule has 1 aliphatic rings. The van der Waals surface area contributed by atoms with Crippen LogP contribution in [0.2, 0.25) is 0 Å². The minimum Gasteiger partial charge on any atom is -0.313 e. The lowest BCUT2D eigenvalue weighted by atomic mass is 9.89. The molecule has 18 heavy (non-hydrogen) atoms. The van der Waals surface area contributed by atoms with Crippen LogP contribution in [0.5, 0.6) is 0 Å². The molecule has 0 radical (unpaired) electrons. The maximum atomic E-state index is 3.46. The van der Waals surface area contributed by atoms with Crippen LogP contribution in [0.1, 0.15) is 41.1 Å². The third-order valence-electron chi connectivity index (χ3n) is 4.13. The van der Waals surface area contributed by atoms with E-state index in [0.717, 1.165) is 6.42 Å². The average molecular weight is 237 g/mol. The fourth-order valence-electron chi connectivity index (χ4n) is 3.12. The summed E-state index contributed by atoms with van der Waals surface area (Å²) >= 11 is 0. The van der Waals surface area contributed by atoms with E-state index in [9.17, 15) is 0 Å². The highest BCUT2D eigenvalue weighted by Crippen LogP contribution is 2.37. The van der Waals surface area contributed by atoms with Crippen molar-refractivity contribution in [2.75, 3.05) is 7.05 Å². The molecule has 2 atom stereocenters. The Morgan fingerprint density at radius 1 is 0.889 bits per heavy atom. The molecule has 0 aromatic heterocycles. The number of benzene rings is 2. The predicted molar refractivity (Wildman–Crippen MR) is 75.9 cm³/mol. The molecular weight excluding hydrogens is 218 g/mol. The molecule has 1 heteroatoms. The summed E-state index contributed by atoms with van der Waals surface area (Å²) in [7, 11) is 2.06. The van der Waals surface area contributed by atoms with Crippen LogP contribution in [0.3, 0.4) is 0 Å². The molecule has 1 aliphatic carbocycles. The van der Waals surface area contributed by atoms with Gasteiger partial charge in [0.05, 0.1) is 0 Å². The molecular formula is C17H19N. The van der Waals surface area contributed by atoms with Gasteiger partial charge in [-0.3, -0.25) is 0 Å². The van der Waals surface area contributed by atoms with Crippen molar-refractivity contribution < 1.29 is 0 Å². The van der Waals surface area contributed by atoms with Gasteiger partial charge in [-0.2, -0.15) is 0 Å². The molecule has 2 aromatic rings. The molecule has 0 fully saturated rings. The molecule has 3 rings (SSSR count). The Bertz CT molecular complexity index is 559. The van der Waals surface area contributed by atoms with E-state index in [4.69, 9.17) is 0 Å². The quantitative estimate of drug-likeness (QED) is 0.798. The van der Waals surface area contributed by atoms with Gasteiger partial charge in [0.1, 0.15) is 0 Å². The standard InChI is InChI=1S/C17H19N/c1-12-14-8-4-3-7-13(14)11-17(18-2)16-10-6-5-9-15(12)16/h3-10,12,17-18H,11H2,1-2H3/t12-,17-/m0/s1. The minimum atomic E-state index is 0.423. The van der Waals surface area contributed by atoms with Gasteiger partial charge >= 0.3 is 0 Å². The fourth-order valence-corrected chi connectivity index (χ4v) is 3.12. The maximum absolute atomic E-state index is 3.46. The SMILES string of the molecule is CN[C@H]1Cc2ccccc2[C@H](C)c2ccccc21. The van der Waals surface area contributed by atoms with Gasteiger partial charge in [0, 0.05) is 12.0 Å². The van der Waals surface area contributed by atoms with Gasteiger partial charge < -0.3 is 5.32 Å². The van der Waals surface area contributed by atoms with Crippen molar-refractivity contribution in [1.29, 1.82) is 0 Å². The molecule has 0 saturated heterocycles. The second-order valence-corrected chi connectivity index (χ2v) is 5.09. The third-order valence-corrected chi connectivity index (χ3v) is 4.13. The van der Waals surface area contributed by atoms with Crippen molar-refractivity contribution >= 4 is 0 Å². The highest BCUT2D eigenvalue weighted by Gasteiger charge is 2.24. The molecule has 0 saturated carbocycles. The summed E-state index contributed by atoms with van der Waals surface area (Å²) < 4.78 is 0. The number of fused-ring (bicyclic) bond motifs is 2. The molecule has 0 unspecified atom stereocenters. The van der Waals surface area contributed by atoms with Crippen molar-refractivity contribution in [3.63, 3.8) is 0 Å². The summed E-state index contributed by atoms with van der Waals surface area (Å²) in [6.45, 7) is 2.32. The van der Waals surface area contributed by atoms with Crippen LogP contribution >= 0.6 is 0 Å². The first-order valence-electron chi connectivity index (χ1n) is 6.65. The number of rotatable bonds is 1. The van der Waals surface area contributed by atoms with E-state index in [2.05, 4.69) is 67.8 Å². The minimum absolute atomic E-state index is 0.423. The van der Waals surface area contributed by atoms with Crippen LogP contribution in [0.25, 0.3) is 0 Å². The maximum Gasteiger partial charge on any atom is 0.0361 e. The van der Waals surface area contributed by atoms with Crippen LogP contribution in [-0.2, 0) is 6.42 Å². The lowest BCUT2D eigenvalue weighted by molar-refractivity contribution is 0.592. The largest absolute Gasteiger partial charge is 0.313 e. The van der Waals surface area contributed by atoms with Crippen LogP contribution in [-0.4, -0.2) is 7.05 Å². The first-order chi connectivity index (χ1) is 8.81. The fraction of sp³-hybridized carbons (Fsp3) is 0.294. The smallest absolute Gasteiger partial charge is 0.0361 e. The number of nitrogens with one attached hydrogen (secondary N) is 1. The zero-order valence-corrected chi connectivity index (χ0v) is 11.0. The van der Waals surface area contributed by atoms with Crippen molar-refractivity contribution in [1.82, 2.24) is 5.32 Å². The normalized spacial score (nSPS) is 21.9. The Balaban J connectivity index is 2.21. The van der Waals surface area contributed by atoms with Gasteiger partial charge in [-0.1, -0.05) is 55.5 Å². The summed E-state index contributed by atoms with van der Waals surface area (Å²) in [5.41, 5.74) is 5.86. The number of hydrogen-bond acceptors (Lipinski definition) is 1. The van der Waals surface area contributed by atoms with Gasteiger partial charge in [0.25, 0.3) is 0 Å². The van der Waals surface area contributed by atoms with Crippen LogP contribution < -0.4 is 5.32 Å². The van der Waals surface area contributed by atoms with E-state index in [1.54, 1.807) is 0 Å². The van der Waals surface area contributed by atoms with E-state index < -0.39 is 0 Å². The molecule has 1 N–H and O–H groups in total. The Morgan fingerprint density at radius 2 is 1.50 bits per heavy atom. The summed E-state index contributed by atoms with van der Waals surface area (Å²) in [4.78, 5) is 0. The first-order valence-corrected chi connectivity index (χ1v) is 6.65. The van der Waals surface area contributed by atoms with E-state index in [-0.39, 0.29) is 0 Å². The summed E-state index contributed by atoms with van der Waals surface area (Å²) in [6, 6.07) is 18.1. The summed E-state index contributed by atoms with van der Waals surface area (Å²) in [5, 5.41) is 3.46. The van der Waals surface area contributed by atoms with Gasteiger partial charge in [0.15, 0.2) is 0 Å². The monoisotopic (exact) mass is 237 g/mol. The van der Waals surface area contributed by atoms with E-state index in [1.165, 1.54) is 22.3 Å². The second-order valence-electron chi connectivity index (χ2n) is 5.09. The van der Waals surface area contributed by atoms with E-state index >= 15 is 0 Å². The van der Waals surface area contributed by atoms with Crippen LogP contribution in [0, 0.1) is 0 Å². The van der Waals surface area contributed by atoms with Crippen LogP contribution in [0.4, 0.5) is 0 Å². The van der Waals surface area contributed by atoms with Gasteiger partial charge in [-0.05, 0) is 35.7 Å². The van der Waals surface area contributed by atoms with Crippen molar-refractivity contribution in [3.8, 4) is 0 Å². The van der Waals surface area contributed by atoms with Crippen molar-refractivity contribution in [2.45, 2.75) is 25.3 Å². The molecule has 1 nitrogen and oxygen atoms in total. The number of likely N-dealkylation sites (N-methyl/N-ethyl adjacent to an activating group) is 1. The first kappa shape index (κ1) is 11.5. The molecule has 0 aliphatic heterocycles. The Morgan fingerprint density at radius 3 is 2.22 bits per heavy atom. The topological polar surface area (TPSA) is 12.0 Å².